The molecular formula is C29H30N2O5. The number of hydrogen-bond donors (Lipinski definition) is 2. The lowest BCUT2D eigenvalue weighted by Gasteiger charge is -2.35. The van der Waals surface area contributed by atoms with Crippen molar-refractivity contribution in [1.82, 2.24) is 0 Å². The number of para-hydroxylation sites is 1. The van der Waals surface area contributed by atoms with Crippen LogP contribution in [-0.4, -0.2) is 37.9 Å². The number of carbonyl (C=O) groups is 1. The van der Waals surface area contributed by atoms with E-state index < -0.39 is 6.04 Å². The van der Waals surface area contributed by atoms with E-state index in [1.807, 2.05) is 48.5 Å². The molecule has 186 valence electrons. The SMILES string of the molecule is CC(=O)OCCc1cccc2c1OC(c1cc(-c3cccc(C(N)CO)c3)c3occc3c1)CN2C. The molecule has 0 bridgehead atoms. The predicted molar refractivity (Wildman–Crippen MR) is 139 cm³/mol. The largest absolute Gasteiger partial charge is 0.481 e. The molecule has 1 aliphatic heterocycles. The summed E-state index contributed by atoms with van der Waals surface area (Å²) in [6.45, 7) is 2.28. The van der Waals surface area contributed by atoms with Crippen molar-refractivity contribution in [3.63, 3.8) is 0 Å². The van der Waals surface area contributed by atoms with Gasteiger partial charge in [-0.15, -0.1) is 0 Å². The molecule has 0 aliphatic carbocycles. The molecule has 1 aliphatic rings. The molecule has 5 rings (SSSR count). The molecule has 0 fully saturated rings. The van der Waals surface area contributed by atoms with Crippen LogP contribution in [0.15, 0.2) is 71.3 Å². The van der Waals surface area contributed by atoms with Crippen LogP contribution in [0.2, 0.25) is 0 Å². The highest BCUT2D eigenvalue weighted by molar-refractivity contribution is 5.93. The van der Waals surface area contributed by atoms with E-state index in [2.05, 4.69) is 24.1 Å². The lowest BCUT2D eigenvalue weighted by molar-refractivity contribution is -0.140. The summed E-state index contributed by atoms with van der Waals surface area (Å²) in [4.78, 5) is 13.4. The summed E-state index contributed by atoms with van der Waals surface area (Å²) in [6, 6.07) is 19.7. The summed E-state index contributed by atoms with van der Waals surface area (Å²) < 4.78 is 17.6. The molecule has 0 saturated carbocycles. The van der Waals surface area contributed by atoms with Gasteiger partial charge >= 0.3 is 5.97 Å². The third kappa shape index (κ3) is 4.67. The van der Waals surface area contributed by atoms with Crippen LogP contribution in [0.3, 0.4) is 0 Å². The Morgan fingerprint density at radius 3 is 2.83 bits per heavy atom. The van der Waals surface area contributed by atoms with Crippen LogP contribution in [0.5, 0.6) is 5.75 Å². The van der Waals surface area contributed by atoms with Gasteiger partial charge in [0.25, 0.3) is 0 Å². The molecule has 0 spiro atoms. The predicted octanol–water partition coefficient (Wildman–Crippen LogP) is 4.77. The molecule has 2 unspecified atom stereocenters. The average Bonchev–Trinajstić information content (AvgIpc) is 3.36. The van der Waals surface area contributed by atoms with Crippen molar-refractivity contribution in [2.75, 3.05) is 31.7 Å². The van der Waals surface area contributed by atoms with Crippen LogP contribution >= 0.6 is 0 Å². The number of benzene rings is 3. The zero-order valence-electron chi connectivity index (χ0n) is 20.4. The fourth-order valence-corrected chi connectivity index (χ4v) is 4.76. The van der Waals surface area contributed by atoms with Gasteiger partial charge in [-0.2, -0.15) is 0 Å². The van der Waals surface area contributed by atoms with Crippen molar-refractivity contribution in [2.45, 2.75) is 25.5 Å². The van der Waals surface area contributed by atoms with E-state index in [0.717, 1.165) is 50.2 Å². The molecule has 1 aromatic heterocycles. The summed E-state index contributed by atoms with van der Waals surface area (Å²) in [5.41, 5.74) is 12.7. The van der Waals surface area contributed by atoms with Gasteiger partial charge in [-0.05, 0) is 52.6 Å². The van der Waals surface area contributed by atoms with Crippen LogP contribution in [-0.2, 0) is 16.0 Å². The first-order chi connectivity index (χ1) is 17.4. The van der Waals surface area contributed by atoms with E-state index in [1.165, 1.54) is 6.92 Å². The van der Waals surface area contributed by atoms with Gasteiger partial charge in [0.2, 0.25) is 0 Å². The Bertz CT molecular complexity index is 1400. The maximum absolute atomic E-state index is 11.2. The summed E-state index contributed by atoms with van der Waals surface area (Å²) in [5, 5.41) is 10.5. The van der Waals surface area contributed by atoms with Crippen molar-refractivity contribution >= 4 is 22.6 Å². The first kappa shape index (κ1) is 23.9. The van der Waals surface area contributed by atoms with Crippen LogP contribution < -0.4 is 15.4 Å². The molecule has 4 aromatic rings. The maximum atomic E-state index is 11.2. The van der Waals surface area contributed by atoms with Gasteiger partial charge < -0.3 is 29.6 Å². The minimum atomic E-state index is -0.447. The van der Waals surface area contributed by atoms with Crippen LogP contribution in [0.25, 0.3) is 22.1 Å². The van der Waals surface area contributed by atoms with Crippen LogP contribution in [0.1, 0.15) is 35.8 Å². The zero-order valence-corrected chi connectivity index (χ0v) is 20.4. The van der Waals surface area contributed by atoms with E-state index in [-0.39, 0.29) is 18.7 Å². The molecule has 36 heavy (non-hydrogen) atoms. The summed E-state index contributed by atoms with van der Waals surface area (Å²) in [6.07, 6.45) is 2.06. The van der Waals surface area contributed by atoms with E-state index in [1.54, 1.807) is 6.26 Å². The fraction of sp³-hybridized carbons (Fsp3) is 0.276. The summed E-state index contributed by atoms with van der Waals surface area (Å²) in [7, 11) is 2.06. The molecule has 3 aromatic carbocycles. The van der Waals surface area contributed by atoms with Gasteiger partial charge in [-0.3, -0.25) is 4.79 Å². The Balaban J connectivity index is 1.52. The lowest BCUT2D eigenvalue weighted by Crippen LogP contribution is -2.32. The number of esters is 1. The molecule has 7 heteroatoms. The number of ether oxygens (including phenoxy) is 2. The standard InChI is InChI=1S/C29H30N2O5/c1-18(33)34-11-9-19-5-4-8-26-29(19)36-27(16-31(26)2)23-14-22-10-12-35-28(22)24(15-23)20-6-3-7-21(13-20)25(30)17-32/h3-8,10,12-15,25,27,32H,9,11,16-17,30H2,1-2H3. The second-order valence-electron chi connectivity index (χ2n) is 9.16. The third-order valence-corrected chi connectivity index (χ3v) is 6.63. The van der Waals surface area contributed by atoms with Crippen LogP contribution in [0, 0.1) is 0 Å². The number of hydrogen-bond acceptors (Lipinski definition) is 7. The highest BCUT2D eigenvalue weighted by atomic mass is 16.5. The van der Waals surface area contributed by atoms with Crippen molar-refractivity contribution in [3.8, 4) is 16.9 Å². The Morgan fingerprint density at radius 2 is 2.03 bits per heavy atom. The minimum absolute atomic E-state index is 0.124. The molecule has 0 amide bonds. The molecule has 0 radical (unpaired) electrons. The highest BCUT2D eigenvalue weighted by Crippen LogP contribution is 2.42. The van der Waals surface area contributed by atoms with Gasteiger partial charge in [0.15, 0.2) is 0 Å². The Hall–Kier alpha value is -3.81. The number of carbonyl (C=O) groups excluding carboxylic acids is 1. The molecule has 2 atom stereocenters. The number of likely N-dealkylation sites (N-methyl/N-ethyl adjacent to an activating group) is 1. The number of furan rings is 1. The second kappa shape index (κ2) is 10.0. The third-order valence-electron chi connectivity index (χ3n) is 6.63. The number of nitrogens with two attached hydrogens (primary N) is 1. The van der Waals surface area contributed by atoms with E-state index in [4.69, 9.17) is 19.6 Å². The molecule has 2 heterocycles. The van der Waals surface area contributed by atoms with Crippen molar-refractivity contribution < 1.29 is 23.8 Å². The number of anilines is 1. The molecule has 0 saturated heterocycles. The Morgan fingerprint density at radius 1 is 1.19 bits per heavy atom. The topological polar surface area (TPSA) is 98.2 Å². The first-order valence-corrected chi connectivity index (χ1v) is 12.1. The molecular weight excluding hydrogens is 456 g/mol. The lowest BCUT2D eigenvalue weighted by atomic mass is 9.95. The minimum Gasteiger partial charge on any atom is -0.481 e. The quantitative estimate of drug-likeness (QED) is 0.363. The number of rotatable bonds is 7. The molecule has 7 nitrogen and oxygen atoms in total. The second-order valence-corrected chi connectivity index (χ2v) is 9.16. The zero-order chi connectivity index (χ0) is 25.2. The number of aliphatic hydroxyl groups is 1. The monoisotopic (exact) mass is 486 g/mol. The number of aliphatic hydroxyl groups excluding tert-OH is 1. The van der Waals surface area contributed by atoms with Gasteiger partial charge in [0.1, 0.15) is 17.4 Å². The fourth-order valence-electron chi connectivity index (χ4n) is 4.76. The Kier molecular flexibility index (Phi) is 6.67. The van der Waals surface area contributed by atoms with Gasteiger partial charge in [-0.25, -0.2) is 0 Å². The molecule has 3 N–H and O–H groups in total. The number of nitrogens with zero attached hydrogens (tertiary/aromatic N) is 1. The summed E-state index contributed by atoms with van der Waals surface area (Å²) >= 11 is 0. The van der Waals surface area contributed by atoms with Gasteiger partial charge in [-0.1, -0.05) is 30.3 Å². The van der Waals surface area contributed by atoms with Gasteiger partial charge in [0.05, 0.1) is 37.8 Å². The van der Waals surface area contributed by atoms with Crippen LogP contribution in [0.4, 0.5) is 5.69 Å². The van der Waals surface area contributed by atoms with E-state index >= 15 is 0 Å². The van der Waals surface area contributed by atoms with Gasteiger partial charge in [0, 0.05) is 31.3 Å². The maximum Gasteiger partial charge on any atom is 0.302 e. The first-order valence-electron chi connectivity index (χ1n) is 12.1. The van der Waals surface area contributed by atoms with E-state index in [0.29, 0.717) is 19.6 Å². The highest BCUT2D eigenvalue weighted by Gasteiger charge is 2.28. The smallest absolute Gasteiger partial charge is 0.302 e. The van der Waals surface area contributed by atoms with E-state index in [9.17, 15) is 9.90 Å². The summed E-state index contributed by atoms with van der Waals surface area (Å²) in [5.74, 6) is 0.522. The number of fused-ring (bicyclic) bond motifs is 2. The van der Waals surface area contributed by atoms with Crippen molar-refractivity contribution in [3.05, 3.63) is 83.6 Å². The Labute approximate surface area is 210 Å². The normalized spacial score (nSPS) is 15.9. The average molecular weight is 487 g/mol. The van der Waals surface area contributed by atoms with Crippen molar-refractivity contribution in [2.24, 2.45) is 5.73 Å². The van der Waals surface area contributed by atoms with Crippen molar-refractivity contribution in [1.29, 1.82) is 0 Å².